The molecule has 0 aliphatic carbocycles. The number of carbonyl (C=O) groups excluding carboxylic acids is 2. The molecule has 1 aromatic heterocycles. The molecule has 2 saturated heterocycles. The van der Waals surface area contributed by atoms with Crippen LogP contribution in [0.25, 0.3) is 5.69 Å². The van der Waals surface area contributed by atoms with Gasteiger partial charge in [0.1, 0.15) is 5.78 Å². The smallest absolute Gasteiger partial charge is 0.318 e. The third kappa shape index (κ3) is 2.78. The highest BCUT2D eigenvalue weighted by atomic mass is 35.5. The number of fused-ring (bicyclic) bond motifs is 2. The zero-order chi connectivity index (χ0) is 16.7. The number of piperidine rings is 1. The fourth-order valence-electron chi connectivity index (χ4n) is 3.61. The highest BCUT2D eigenvalue weighted by molar-refractivity contribution is 6.30. The summed E-state index contributed by atoms with van der Waals surface area (Å²) in [5, 5.41) is 7.82. The maximum absolute atomic E-state index is 12.6. The van der Waals surface area contributed by atoms with Gasteiger partial charge in [-0.15, -0.1) is 0 Å². The van der Waals surface area contributed by atoms with Crippen molar-refractivity contribution in [1.82, 2.24) is 14.7 Å². The molecule has 2 aliphatic heterocycles. The van der Waals surface area contributed by atoms with Gasteiger partial charge in [-0.05, 0) is 37.1 Å². The Bertz CT molecular complexity index is 770. The van der Waals surface area contributed by atoms with Crippen LogP contribution in [0.1, 0.15) is 25.7 Å². The first-order valence-corrected chi connectivity index (χ1v) is 8.39. The number of hydrogen-bond donors (Lipinski definition) is 1. The van der Waals surface area contributed by atoms with Gasteiger partial charge in [-0.1, -0.05) is 11.6 Å². The van der Waals surface area contributed by atoms with Gasteiger partial charge in [-0.2, -0.15) is 5.10 Å². The van der Waals surface area contributed by atoms with E-state index in [1.54, 1.807) is 29.2 Å². The first-order valence-electron chi connectivity index (χ1n) is 8.02. The van der Waals surface area contributed by atoms with Crippen LogP contribution in [-0.2, 0) is 4.79 Å². The SMILES string of the molecule is O=C1CC2CCC(C1)N2C(=O)Nc1cnn(-c2ccc(Cl)cc2)c1. The number of hydrogen-bond acceptors (Lipinski definition) is 3. The Morgan fingerprint density at radius 2 is 1.83 bits per heavy atom. The van der Waals surface area contributed by atoms with E-state index in [2.05, 4.69) is 10.4 Å². The molecule has 2 atom stereocenters. The molecule has 0 spiro atoms. The molecule has 4 rings (SSSR count). The van der Waals surface area contributed by atoms with Gasteiger partial charge in [-0.25, -0.2) is 9.48 Å². The van der Waals surface area contributed by atoms with Gasteiger partial charge in [0.05, 0.1) is 23.8 Å². The van der Waals surface area contributed by atoms with Crippen LogP contribution < -0.4 is 5.32 Å². The summed E-state index contributed by atoms with van der Waals surface area (Å²) >= 11 is 5.89. The number of Topliss-reactive ketones (excluding diaryl/α,β-unsaturated/α-hetero) is 1. The van der Waals surface area contributed by atoms with E-state index in [-0.39, 0.29) is 23.9 Å². The number of benzene rings is 1. The molecule has 2 aliphatic rings. The Hall–Kier alpha value is -2.34. The fourth-order valence-corrected chi connectivity index (χ4v) is 3.74. The van der Waals surface area contributed by atoms with Crippen LogP contribution in [0.15, 0.2) is 36.7 Å². The lowest BCUT2D eigenvalue weighted by Crippen LogP contribution is -2.48. The van der Waals surface area contributed by atoms with Crippen LogP contribution in [0.2, 0.25) is 5.02 Å². The van der Waals surface area contributed by atoms with Crippen molar-refractivity contribution in [2.75, 3.05) is 5.32 Å². The van der Waals surface area contributed by atoms with E-state index in [1.807, 2.05) is 17.0 Å². The summed E-state index contributed by atoms with van der Waals surface area (Å²) in [4.78, 5) is 26.1. The van der Waals surface area contributed by atoms with Crippen LogP contribution in [0.4, 0.5) is 10.5 Å². The highest BCUT2D eigenvalue weighted by Gasteiger charge is 2.42. The average Bonchev–Trinajstić information content (AvgIpc) is 3.11. The zero-order valence-electron chi connectivity index (χ0n) is 13.0. The number of amides is 2. The summed E-state index contributed by atoms with van der Waals surface area (Å²) in [6, 6.07) is 7.24. The van der Waals surface area contributed by atoms with E-state index in [1.165, 1.54) is 0 Å². The molecule has 6 nitrogen and oxygen atoms in total. The number of nitrogens with zero attached hydrogens (tertiary/aromatic N) is 3. The van der Waals surface area contributed by atoms with Crippen molar-refractivity contribution in [3.05, 3.63) is 41.7 Å². The predicted octanol–water partition coefficient (Wildman–Crippen LogP) is 3.25. The molecule has 124 valence electrons. The second-order valence-corrected chi connectivity index (χ2v) is 6.76. The molecule has 2 amide bonds. The highest BCUT2D eigenvalue weighted by Crippen LogP contribution is 2.34. The maximum Gasteiger partial charge on any atom is 0.322 e. The molecule has 1 N–H and O–H groups in total. The monoisotopic (exact) mass is 344 g/mol. The fraction of sp³-hybridized carbons (Fsp3) is 0.353. The van der Waals surface area contributed by atoms with E-state index in [0.717, 1.165) is 18.5 Å². The number of anilines is 1. The van der Waals surface area contributed by atoms with Crippen molar-refractivity contribution in [2.24, 2.45) is 0 Å². The summed E-state index contributed by atoms with van der Waals surface area (Å²) in [6.07, 6.45) is 6.16. The number of urea groups is 1. The first kappa shape index (κ1) is 15.2. The number of rotatable bonds is 2. The van der Waals surface area contributed by atoms with Crippen LogP contribution in [-0.4, -0.2) is 38.6 Å². The molecule has 2 unspecified atom stereocenters. The Balaban J connectivity index is 1.47. The van der Waals surface area contributed by atoms with Gasteiger partial charge >= 0.3 is 6.03 Å². The second kappa shape index (κ2) is 5.94. The summed E-state index contributed by atoms with van der Waals surface area (Å²) in [7, 11) is 0. The van der Waals surface area contributed by atoms with Crippen LogP contribution in [0, 0.1) is 0 Å². The third-order valence-corrected chi connectivity index (χ3v) is 4.96. The zero-order valence-corrected chi connectivity index (χ0v) is 13.7. The number of ketones is 1. The van der Waals surface area contributed by atoms with Gasteiger partial charge in [-0.3, -0.25) is 4.79 Å². The average molecular weight is 345 g/mol. The van der Waals surface area contributed by atoms with Gasteiger partial charge in [0.25, 0.3) is 0 Å². The lowest BCUT2D eigenvalue weighted by molar-refractivity contribution is -0.122. The summed E-state index contributed by atoms with van der Waals surface area (Å²) in [6.45, 7) is 0. The van der Waals surface area contributed by atoms with Crippen LogP contribution in [0.5, 0.6) is 0 Å². The Labute approximate surface area is 144 Å². The van der Waals surface area contributed by atoms with Crippen molar-refractivity contribution in [3.63, 3.8) is 0 Å². The molecule has 7 heteroatoms. The van der Waals surface area contributed by atoms with E-state index < -0.39 is 0 Å². The molecule has 2 bridgehead atoms. The minimum Gasteiger partial charge on any atom is -0.318 e. The third-order valence-electron chi connectivity index (χ3n) is 4.71. The minimum absolute atomic E-state index is 0.0440. The Morgan fingerprint density at radius 3 is 2.50 bits per heavy atom. The van der Waals surface area contributed by atoms with Crippen molar-refractivity contribution >= 4 is 29.1 Å². The van der Waals surface area contributed by atoms with E-state index >= 15 is 0 Å². The molecule has 1 aromatic carbocycles. The minimum atomic E-state index is -0.148. The number of halogens is 1. The molecule has 3 heterocycles. The largest absolute Gasteiger partial charge is 0.322 e. The standard InChI is InChI=1S/C17H17ClN4O2/c18-11-1-3-13(4-2-11)21-10-12(9-19-21)20-17(24)22-14-5-6-15(22)8-16(23)7-14/h1-4,9-10,14-15H,5-8H2,(H,20,24). The van der Waals surface area contributed by atoms with Crippen molar-refractivity contribution < 1.29 is 9.59 Å². The van der Waals surface area contributed by atoms with Crippen molar-refractivity contribution in [3.8, 4) is 5.69 Å². The Morgan fingerprint density at radius 1 is 1.17 bits per heavy atom. The van der Waals surface area contributed by atoms with E-state index in [4.69, 9.17) is 11.6 Å². The molecule has 0 radical (unpaired) electrons. The number of aromatic nitrogens is 2. The molecule has 0 saturated carbocycles. The summed E-state index contributed by atoms with van der Waals surface area (Å²) in [5.74, 6) is 0.266. The topological polar surface area (TPSA) is 67.2 Å². The molecule has 2 fully saturated rings. The van der Waals surface area contributed by atoms with E-state index in [0.29, 0.717) is 23.6 Å². The molecular weight excluding hydrogens is 328 g/mol. The number of nitrogens with one attached hydrogen (secondary N) is 1. The van der Waals surface area contributed by atoms with Crippen molar-refractivity contribution in [1.29, 1.82) is 0 Å². The van der Waals surface area contributed by atoms with Gasteiger partial charge in [0.2, 0.25) is 0 Å². The van der Waals surface area contributed by atoms with Crippen LogP contribution >= 0.6 is 11.6 Å². The summed E-state index contributed by atoms with van der Waals surface area (Å²) < 4.78 is 1.68. The lowest BCUT2D eigenvalue weighted by Gasteiger charge is -2.33. The van der Waals surface area contributed by atoms with E-state index in [9.17, 15) is 9.59 Å². The van der Waals surface area contributed by atoms with Crippen molar-refractivity contribution in [2.45, 2.75) is 37.8 Å². The maximum atomic E-state index is 12.6. The second-order valence-electron chi connectivity index (χ2n) is 6.32. The van der Waals surface area contributed by atoms with Gasteiger partial charge in [0.15, 0.2) is 0 Å². The molecular formula is C17H17ClN4O2. The predicted molar refractivity (Wildman–Crippen MR) is 90.5 cm³/mol. The molecule has 2 aromatic rings. The summed E-state index contributed by atoms with van der Waals surface area (Å²) in [5.41, 5.74) is 1.50. The van der Waals surface area contributed by atoms with Gasteiger partial charge < -0.3 is 10.2 Å². The number of carbonyl (C=O) groups is 2. The Kier molecular flexibility index (Phi) is 3.76. The first-order chi connectivity index (χ1) is 11.6. The quantitative estimate of drug-likeness (QED) is 0.909. The van der Waals surface area contributed by atoms with Crippen LogP contribution in [0.3, 0.4) is 0 Å². The van der Waals surface area contributed by atoms with Gasteiger partial charge in [0, 0.05) is 29.9 Å². The lowest BCUT2D eigenvalue weighted by atomic mass is 10.0. The molecule has 24 heavy (non-hydrogen) atoms. The normalized spacial score (nSPS) is 22.7.